The lowest BCUT2D eigenvalue weighted by atomic mass is 9.98. The molecule has 0 radical (unpaired) electrons. The molecule has 174 valence electrons. The summed E-state index contributed by atoms with van der Waals surface area (Å²) < 4.78 is 29.8. The van der Waals surface area contributed by atoms with Crippen molar-refractivity contribution in [3.63, 3.8) is 0 Å². The van der Waals surface area contributed by atoms with Crippen molar-refractivity contribution in [1.29, 1.82) is 0 Å². The summed E-state index contributed by atoms with van der Waals surface area (Å²) in [5.74, 6) is -0.583. The number of hydrogen-bond donors (Lipinski definition) is 1. The Kier molecular flexibility index (Phi) is 7.60. The second-order valence-corrected chi connectivity index (χ2v) is 9.33. The summed E-state index contributed by atoms with van der Waals surface area (Å²) in [5, 5.41) is 10.6. The first kappa shape index (κ1) is 24.2. The van der Waals surface area contributed by atoms with E-state index in [1.165, 1.54) is 17.0 Å². The highest BCUT2D eigenvalue weighted by molar-refractivity contribution is 9.10. The molecular formula is C20H23BrClFN4O5. The number of rotatable bonds is 5. The normalized spacial score (nSPS) is 18.9. The van der Waals surface area contributed by atoms with Crippen LogP contribution in [-0.4, -0.2) is 51.9 Å². The molecule has 0 aliphatic carbocycles. The molecule has 0 unspecified atom stereocenters. The summed E-state index contributed by atoms with van der Waals surface area (Å²) in [6.45, 7) is 5.17. The van der Waals surface area contributed by atoms with Crippen molar-refractivity contribution < 1.29 is 27.9 Å². The number of amides is 2. The number of nitrogens with zero attached hydrogens (tertiary/aromatic N) is 3. The van der Waals surface area contributed by atoms with E-state index in [9.17, 15) is 14.0 Å². The minimum absolute atomic E-state index is 0.0333. The molecule has 1 N–H and O–H groups in total. The number of aromatic nitrogens is 2. The van der Waals surface area contributed by atoms with Gasteiger partial charge in [-0.25, -0.2) is 9.18 Å². The first-order chi connectivity index (χ1) is 15.0. The maximum atomic E-state index is 13.5. The molecule has 1 aromatic carbocycles. The van der Waals surface area contributed by atoms with Crippen molar-refractivity contribution in [3.8, 4) is 5.75 Å². The molecule has 12 heteroatoms. The van der Waals surface area contributed by atoms with E-state index in [0.29, 0.717) is 12.8 Å². The van der Waals surface area contributed by atoms with Gasteiger partial charge in [-0.3, -0.25) is 9.69 Å². The van der Waals surface area contributed by atoms with Crippen LogP contribution in [0, 0.1) is 5.82 Å². The molecule has 0 saturated carbocycles. The van der Waals surface area contributed by atoms with E-state index in [0.717, 1.165) is 6.07 Å². The molecule has 32 heavy (non-hydrogen) atoms. The molecule has 1 aromatic heterocycles. The van der Waals surface area contributed by atoms with Gasteiger partial charge in [-0.15, -0.1) is 10.2 Å². The maximum Gasteiger partial charge on any atom is 0.411 e. The molecule has 0 bridgehead atoms. The van der Waals surface area contributed by atoms with Crippen molar-refractivity contribution in [2.45, 2.75) is 51.3 Å². The van der Waals surface area contributed by atoms with Crippen LogP contribution in [0.1, 0.15) is 45.5 Å². The number of benzene rings is 1. The van der Waals surface area contributed by atoms with Gasteiger partial charge in [0.25, 0.3) is 10.7 Å². The van der Waals surface area contributed by atoms with Crippen LogP contribution >= 0.6 is 27.5 Å². The predicted molar refractivity (Wildman–Crippen MR) is 116 cm³/mol. The molecule has 1 saturated heterocycles. The van der Waals surface area contributed by atoms with Crippen LogP contribution in [0.15, 0.2) is 27.4 Å². The molecular weight excluding hydrogens is 511 g/mol. The van der Waals surface area contributed by atoms with Crippen LogP contribution in [-0.2, 0) is 9.53 Å². The Balaban J connectivity index is 1.63. The quantitative estimate of drug-likeness (QED) is 0.612. The summed E-state index contributed by atoms with van der Waals surface area (Å²) in [5.41, 5.74) is -0.699. The Morgan fingerprint density at radius 2 is 2.09 bits per heavy atom. The second kappa shape index (κ2) is 10.0. The van der Waals surface area contributed by atoms with Crippen molar-refractivity contribution in [2.75, 3.05) is 13.2 Å². The van der Waals surface area contributed by atoms with Gasteiger partial charge >= 0.3 is 6.09 Å². The molecule has 3 rings (SSSR count). The van der Waals surface area contributed by atoms with E-state index in [1.54, 1.807) is 20.8 Å². The number of carbonyl (C=O) groups is 2. The molecule has 1 fully saturated rings. The third-order valence-electron chi connectivity index (χ3n) is 4.54. The predicted octanol–water partition coefficient (Wildman–Crippen LogP) is 4.26. The number of ether oxygens (including phenoxy) is 2. The standard InChI is InChI=1S/C20H23BrClFN4O5/c1-20(2,3)32-19(29)27-9-11(4-7-15(27)17-25-26-18(21)31-17)24-16(28)10-30-12-5-6-13(22)14(23)8-12/h5-6,8,11,15H,4,7,9-10H2,1-3H3,(H,24,28)/t11-,15+/m0/s1. The number of hydrogen-bond acceptors (Lipinski definition) is 7. The highest BCUT2D eigenvalue weighted by Gasteiger charge is 2.38. The Morgan fingerprint density at radius 1 is 1.34 bits per heavy atom. The Hall–Kier alpha value is -2.40. The van der Waals surface area contributed by atoms with Crippen molar-refractivity contribution in [3.05, 3.63) is 39.7 Å². The molecule has 2 amide bonds. The largest absolute Gasteiger partial charge is 0.484 e. The molecule has 9 nitrogen and oxygen atoms in total. The van der Waals surface area contributed by atoms with Crippen LogP contribution in [0.4, 0.5) is 9.18 Å². The fraction of sp³-hybridized carbons (Fsp3) is 0.500. The summed E-state index contributed by atoms with van der Waals surface area (Å²) in [7, 11) is 0. The highest BCUT2D eigenvalue weighted by atomic mass is 79.9. The van der Waals surface area contributed by atoms with E-state index in [1.807, 2.05) is 0 Å². The second-order valence-electron chi connectivity index (χ2n) is 8.25. The van der Waals surface area contributed by atoms with Crippen molar-refractivity contribution in [2.24, 2.45) is 0 Å². The van der Waals surface area contributed by atoms with Crippen LogP contribution in [0.5, 0.6) is 5.75 Å². The third kappa shape index (κ3) is 6.55. The van der Waals surface area contributed by atoms with Gasteiger partial charge in [0.05, 0.1) is 5.02 Å². The van der Waals surface area contributed by atoms with E-state index >= 15 is 0 Å². The van der Waals surface area contributed by atoms with Gasteiger partial charge in [-0.2, -0.15) is 0 Å². The zero-order chi connectivity index (χ0) is 23.5. The molecule has 2 heterocycles. The average Bonchev–Trinajstić information content (AvgIpc) is 3.13. The lowest BCUT2D eigenvalue weighted by Crippen LogP contribution is -2.52. The van der Waals surface area contributed by atoms with Crippen molar-refractivity contribution >= 4 is 39.5 Å². The molecule has 0 spiro atoms. The monoisotopic (exact) mass is 532 g/mol. The van der Waals surface area contributed by atoms with E-state index in [2.05, 4.69) is 31.4 Å². The number of piperidine rings is 1. The molecule has 2 aromatic rings. The summed E-state index contributed by atoms with van der Waals surface area (Å²) in [6.07, 6.45) is 0.483. The molecule has 1 aliphatic rings. The first-order valence-corrected chi connectivity index (χ1v) is 11.0. The minimum Gasteiger partial charge on any atom is -0.484 e. The lowest BCUT2D eigenvalue weighted by molar-refractivity contribution is -0.124. The van der Waals surface area contributed by atoms with Gasteiger partial charge in [0.1, 0.15) is 23.2 Å². The Bertz CT molecular complexity index is 983. The van der Waals surface area contributed by atoms with Gasteiger partial charge < -0.3 is 19.2 Å². The van der Waals surface area contributed by atoms with Crippen LogP contribution in [0.25, 0.3) is 0 Å². The summed E-state index contributed by atoms with van der Waals surface area (Å²) >= 11 is 8.76. The smallest absolute Gasteiger partial charge is 0.411 e. The van der Waals surface area contributed by atoms with Gasteiger partial charge in [0.2, 0.25) is 5.89 Å². The van der Waals surface area contributed by atoms with E-state index < -0.39 is 29.5 Å². The van der Waals surface area contributed by atoms with Gasteiger partial charge in [-0.1, -0.05) is 11.6 Å². The molecule has 2 atom stereocenters. The number of halogens is 3. The number of nitrogens with one attached hydrogen (secondary N) is 1. The highest BCUT2D eigenvalue weighted by Crippen LogP contribution is 2.32. The van der Waals surface area contributed by atoms with Crippen LogP contribution in [0.2, 0.25) is 5.02 Å². The fourth-order valence-corrected chi connectivity index (χ4v) is 3.57. The van der Waals surface area contributed by atoms with Gasteiger partial charge in [0, 0.05) is 34.6 Å². The fourth-order valence-electron chi connectivity index (χ4n) is 3.20. The lowest BCUT2D eigenvalue weighted by Gasteiger charge is -2.38. The summed E-state index contributed by atoms with van der Waals surface area (Å²) in [6, 6.07) is 3.10. The maximum absolute atomic E-state index is 13.5. The third-order valence-corrected chi connectivity index (χ3v) is 5.16. The van der Waals surface area contributed by atoms with Crippen LogP contribution in [0.3, 0.4) is 0 Å². The number of likely N-dealkylation sites (tertiary alicyclic amines) is 1. The van der Waals surface area contributed by atoms with Crippen molar-refractivity contribution in [1.82, 2.24) is 20.4 Å². The number of carbonyl (C=O) groups excluding carboxylic acids is 2. The van der Waals surface area contributed by atoms with Gasteiger partial charge in [-0.05, 0) is 45.7 Å². The first-order valence-electron chi connectivity index (χ1n) is 9.87. The van der Waals surface area contributed by atoms with Gasteiger partial charge in [0.15, 0.2) is 6.61 Å². The zero-order valence-electron chi connectivity index (χ0n) is 17.7. The molecule has 1 aliphatic heterocycles. The van der Waals surface area contributed by atoms with E-state index in [4.69, 9.17) is 25.5 Å². The van der Waals surface area contributed by atoms with E-state index in [-0.39, 0.29) is 40.7 Å². The minimum atomic E-state index is -0.699. The zero-order valence-corrected chi connectivity index (χ0v) is 20.1. The Morgan fingerprint density at radius 3 is 2.72 bits per heavy atom. The summed E-state index contributed by atoms with van der Waals surface area (Å²) in [4.78, 5) is 26.9. The van der Waals surface area contributed by atoms with Crippen LogP contribution < -0.4 is 10.1 Å². The average molecular weight is 534 g/mol. The SMILES string of the molecule is CC(C)(C)OC(=O)N1C[C@@H](NC(=O)COc2ccc(Cl)c(F)c2)CC[C@@H]1c1nnc(Br)o1. The topological polar surface area (TPSA) is 107 Å². The Labute approximate surface area is 197 Å².